The van der Waals surface area contributed by atoms with E-state index in [9.17, 15) is 9.59 Å². The van der Waals surface area contributed by atoms with Gasteiger partial charge >= 0.3 is 5.97 Å². The van der Waals surface area contributed by atoms with Gasteiger partial charge in [-0.15, -0.1) is 0 Å². The molecule has 4 nitrogen and oxygen atoms in total. The smallest absolute Gasteiger partial charge is 0.328 e. The average molecular weight is 353 g/mol. The van der Waals surface area contributed by atoms with E-state index in [-0.39, 0.29) is 11.8 Å². The Bertz CT molecular complexity index is 688. The lowest BCUT2D eigenvalue weighted by Crippen LogP contribution is -2.52. The van der Waals surface area contributed by atoms with Gasteiger partial charge in [0.1, 0.15) is 6.04 Å². The van der Waals surface area contributed by atoms with Crippen molar-refractivity contribution in [1.82, 2.24) is 5.32 Å². The van der Waals surface area contributed by atoms with E-state index in [0.29, 0.717) is 0 Å². The Balaban J connectivity index is 2.46. The van der Waals surface area contributed by atoms with Crippen LogP contribution in [0, 0.1) is 5.92 Å². The van der Waals surface area contributed by atoms with Crippen LogP contribution in [0.3, 0.4) is 0 Å². The molecule has 2 atom stereocenters. The zero-order valence-electron chi connectivity index (χ0n) is 15.9. The normalized spacial score (nSPS) is 13.5. The van der Waals surface area contributed by atoms with Crippen LogP contribution in [0.2, 0.25) is 0 Å². The third kappa shape index (κ3) is 3.96. The number of nitrogens with one attached hydrogen (secondary N) is 1. The zero-order valence-corrected chi connectivity index (χ0v) is 15.9. The first-order valence-electron chi connectivity index (χ1n) is 8.95. The summed E-state index contributed by atoms with van der Waals surface area (Å²) in [6.07, 6.45) is 0.757. The number of benzene rings is 2. The number of esters is 1. The van der Waals surface area contributed by atoms with Crippen LogP contribution in [-0.4, -0.2) is 25.0 Å². The standard InChI is InChI=1S/C22H27NO3/c1-5-16(2)19(20(24)26-4)23-21(25)22(3,17-12-8-6-9-13-17)18-14-10-7-11-15-18/h6-16,19H,5H2,1-4H3,(H,23,25)/t16-,19-/m0/s1. The third-order valence-corrected chi connectivity index (χ3v) is 5.11. The lowest BCUT2D eigenvalue weighted by molar-refractivity contribution is -0.147. The molecule has 0 bridgehead atoms. The first-order chi connectivity index (χ1) is 12.4. The van der Waals surface area contributed by atoms with Gasteiger partial charge in [0, 0.05) is 0 Å². The molecule has 2 aromatic rings. The molecule has 0 saturated carbocycles. The second-order valence-corrected chi connectivity index (χ2v) is 6.72. The lowest BCUT2D eigenvalue weighted by atomic mass is 9.75. The van der Waals surface area contributed by atoms with Crippen molar-refractivity contribution in [3.05, 3.63) is 71.8 Å². The van der Waals surface area contributed by atoms with Gasteiger partial charge in [0.05, 0.1) is 12.5 Å². The lowest BCUT2D eigenvalue weighted by Gasteiger charge is -2.32. The predicted octanol–water partition coefficient (Wildman–Crippen LogP) is 3.70. The van der Waals surface area contributed by atoms with E-state index >= 15 is 0 Å². The van der Waals surface area contributed by atoms with Crippen molar-refractivity contribution in [2.75, 3.05) is 7.11 Å². The predicted molar refractivity (Wildman–Crippen MR) is 103 cm³/mol. The summed E-state index contributed by atoms with van der Waals surface area (Å²) in [6.45, 7) is 5.81. The van der Waals surface area contributed by atoms with Gasteiger partial charge in [-0.2, -0.15) is 0 Å². The molecule has 0 unspecified atom stereocenters. The Labute approximate surface area is 155 Å². The topological polar surface area (TPSA) is 55.4 Å². The minimum atomic E-state index is -0.914. The van der Waals surface area contributed by atoms with Crippen LogP contribution in [0.5, 0.6) is 0 Å². The quantitative estimate of drug-likeness (QED) is 0.772. The summed E-state index contributed by atoms with van der Waals surface area (Å²) >= 11 is 0. The zero-order chi connectivity index (χ0) is 19.2. The highest BCUT2D eigenvalue weighted by Gasteiger charge is 2.40. The number of ether oxygens (including phenoxy) is 1. The van der Waals surface area contributed by atoms with E-state index in [1.165, 1.54) is 7.11 Å². The first-order valence-corrected chi connectivity index (χ1v) is 8.95. The van der Waals surface area contributed by atoms with Crippen LogP contribution in [0.25, 0.3) is 0 Å². The number of carbonyl (C=O) groups excluding carboxylic acids is 2. The van der Waals surface area contributed by atoms with E-state index in [1.807, 2.05) is 81.4 Å². The average Bonchev–Trinajstić information content (AvgIpc) is 2.71. The van der Waals surface area contributed by atoms with Crippen LogP contribution in [0.1, 0.15) is 38.3 Å². The molecule has 2 aromatic carbocycles. The minimum absolute atomic E-state index is 0.0257. The molecule has 0 aliphatic heterocycles. The Kier molecular flexibility index (Phi) is 6.56. The summed E-state index contributed by atoms with van der Waals surface area (Å²) in [5.74, 6) is -0.663. The Morgan fingerprint density at radius 3 is 1.85 bits per heavy atom. The fraction of sp³-hybridized carbons (Fsp3) is 0.364. The summed E-state index contributed by atoms with van der Waals surface area (Å²) in [4.78, 5) is 25.6. The Morgan fingerprint density at radius 2 is 1.46 bits per heavy atom. The molecule has 0 aliphatic carbocycles. The molecule has 138 valence electrons. The van der Waals surface area contributed by atoms with E-state index in [2.05, 4.69) is 5.32 Å². The van der Waals surface area contributed by atoms with E-state index in [4.69, 9.17) is 4.74 Å². The van der Waals surface area contributed by atoms with Gasteiger partial charge in [0.2, 0.25) is 5.91 Å². The molecule has 2 rings (SSSR count). The van der Waals surface area contributed by atoms with Crippen LogP contribution in [0.4, 0.5) is 0 Å². The molecule has 1 amide bonds. The maximum Gasteiger partial charge on any atom is 0.328 e. The van der Waals surface area contributed by atoms with Gasteiger partial charge in [-0.05, 0) is 24.0 Å². The van der Waals surface area contributed by atoms with Crippen molar-refractivity contribution in [1.29, 1.82) is 0 Å². The number of amides is 1. The van der Waals surface area contributed by atoms with Gasteiger partial charge in [-0.3, -0.25) is 4.79 Å². The molecule has 1 N–H and O–H groups in total. The summed E-state index contributed by atoms with van der Waals surface area (Å²) in [5, 5.41) is 2.94. The third-order valence-electron chi connectivity index (χ3n) is 5.11. The molecule has 0 fully saturated rings. The van der Waals surface area contributed by atoms with Gasteiger partial charge in [0.15, 0.2) is 0 Å². The molecule has 0 saturated heterocycles. The molecule has 0 aliphatic rings. The number of methoxy groups -OCH3 is 1. The second kappa shape index (κ2) is 8.65. The number of hydrogen-bond donors (Lipinski definition) is 1. The highest BCUT2D eigenvalue weighted by atomic mass is 16.5. The number of rotatable bonds is 7. The summed E-state index contributed by atoms with van der Waals surface area (Å²) < 4.78 is 4.91. The van der Waals surface area contributed by atoms with Gasteiger partial charge in [0.25, 0.3) is 0 Å². The van der Waals surface area contributed by atoms with Crippen molar-refractivity contribution < 1.29 is 14.3 Å². The highest BCUT2D eigenvalue weighted by Crippen LogP contribution is 2.32. The maximum atomic E-state index is 13.4. The Hall–Kier alpha value is -2.62. The van der Waals surface area contributed by atoms with Crippen LogP contribution >= 0.6 is 0 Å². The fourth-order valence-corrected chi connectivity index (χ4v) is 3.05. The summed E-state index contributed by atoms with van der Waals surface area (Å²) in [5.41, 5.74) is 0.829. The monoisotopic (exact) mass is 353 g/mol. The van der Waals surface area contributed by atoms with Gasteiger partial charge < -0.3 is 10.1 Å². The molecular weight excluding hydrogens is 326 g/mol. The second-order valence-electron chi connectivity index (χ2n) is 6.72. The molecule has 0 spiro atoms. The fourth-order valence-electron chi connectivity index (χ4n) is 3.05. The summed E-state index contributed by atoms with van der Waals surface area (Å²) in [6, 6.07) is 18.5. The number of hydrogen-bond acceptors (Lipinski definition) is 3. The SMILES string of the molecule is CC[C@H](C)[C@H](NC(=O)C(C)(c1ccccc1)c1ccccc1)C(=O)OC. The molecule has 0 radical (unpaired) electrons. The largest absolute Gasteiger partial charge is 0.467 e. The van der Waals surface area contributed by atoms with Crippen molar-refractivity contribution in [2.24, 2.45) is 5.92 Å². The molecular formula is C22H27NO3. The highest BCUT2D eigenvalue weighted by molar-refractivity contribution is 5.94. The number of carbonyl (C=O) groups is 2. The van der Waals surface area contributed by atoms with Crippen molar-refractivity contribution in [3.8, 4) is 0 Å². The van der Waals surface area contributed by atoms with Gasteiger partial charge in [-0.25, -0.2) is 4.79 Å². The molecule has 26 heavy (non-hydrogen) atoms. The molecule has 4 heteroatoms. The van der Waals surface area contributed by atoms with E-state index < -0.39 is 17.4 Å². The van der Waals surface area contributed by atoms with E-state index in [1.54, 1.807) is 0 Å². The van der Waals surface area contributed by atoms with E-state index in [0.717, 1.165) is 17.5 Å². The molecule has 0 heterocycles. The van der Waals surface area contributed by atoms with Gasteiger partial charge in [-0.1, -0.05) is 80.9 Å². The Morgan fingerprint density at radius 1 is 1.00 bits per heavy atom. The first kappa shape index (κ1) is 19.7. The van der Waals surface area contributed by atoms with Crippen LogP contribution in [-0.2, 0) is 19.7 Å². The minimum Gasteiger partial charge on any atom is -0.467 e. The maximum absolute atomic E-state index is 13.4. The van der Waals surface area contributed by atoms with Crippen molar-refractivity contribution in [3.63, 3.8) is 0 Å². The van der Waals surface area contributed by atoms with Crippen molar-refractivity contribution >= 4 is 11.9 Å². The van der Waals surface area contributed by atoms with Crippen molar-refractivity contribution in [2.45, 2.75) is 38.6 Å². The molecule has 0 aromatic heterocycles. The summed E-state index contributed by atoms with van der Waals surface area (Å²) in [7, 11) is 1.34. The van der Waals surface area contributed by atoms with Crippen LogP contribution in [0.15, 0.2) is 60.7 Å². The van der Waals surface area contributed by atoms with Crippen LogP contribution < -0.4 is 5.32 Å².